The summed E-state index contributed by atoms with van der Waals surface area (Å²) in [5, 5.41) is 0. The van der Waals surface area contributed by atoms with Crippen LogP contribution in [-0.2, 0) is 0 Å². The fourth-order valence-electron chi connectivity index (χ4n) is 0.365. The summed E-state index contributed by atoms with van der Waals surface area (Å²) in [6.45, 7) is 1.93. The van der Waals surface area contributed by atoms with Crippen LogP contribution in [0.2, 0.25) is 0 Å². The molecule has 0 aliphatic carbocycles. The van der Waals surface area contributed by atoms with Crippen LogP contribution in [0.4, 0.5) is 0 Å². The Morgan fingerprint density at radius 1 is 1.71 bits per heavy atom. The molecule has 7 heavy (non-hydrogen) atoms. The number of rotatable bonds is 0. The molecule has 0 unspecified atom stereocenters. The van der Waals surface area contributed by atoms with Gasteiger partial charge in [0.1, 0.15) is 6.34 Å². The predicted octanol–water partition coefficient (Wildman–Crippen LogP) is -0.0162. The van der Waals surface area contributed by atoms with Crippen LogP contribution in [0.25, 0.3) is 0 Å². The molecule has 0 aromatic heterocycles. The van der Waals surface area contributed by atoms with Gasteiger partial charge in [0, 0.05) is 11.9 Å². The van der Waals surface area contributed by atoms with Crippen LogP contribution in [0.5, 0.6) is 0 Å². The molecule has 0 amide bonds. The van der Waals surface area contributed by atoms with E-state index in [1.807, 2.05) is 6.92 Å². The lowest BCUT2D eigenvalue weighted by molar-refractivity contribution is 0.760. The molecule has 0 aromatic carbocycles. The molecular formula is C4H7N3. The average molecular weight is 97.1 g/mol. The van der Waals surface area contributed by atoms with Crippen LogP contribution in [0, 0.1) is 0 Å². The number of allylic oxidation sites excluding steroid dienone is 1. The summed E-state index contributed by atoms with van der Waals surface area (Å²) in [6, 6.07) is 0. The van der Waals surface area contributed by atoms with Gasteiger partial charge in [-0.05, 0) is 6.92 Å². The summed E-state index contributed by atoms with van der Waals surface area (Å²) >= 11 is 0. The average Bonchev–Trinajstić information content (AvgIpc) is 1.69. The van der Waals surface area contributed by atoms with Gasteiger partial charge < -0.3 is 5.43 Å². The highest BCUT2D eigenvalue weighted by atomic mass is 15.4. The van der Waals surface area contributed by atoms with Crippen LogP contribution < -0.4 is 10.9 Å². The number of nitrogens with one attached hydrogen (secondary N) is 2. The van der Waals surface area contributed by atoms with Gasteiger partial charge in [0.2, 0.25) is 0 Å². The molecule has 0 saturated carbocycles. The molecule has 0 saturated heterocycles. The highest BCUT2D eigenvalue weighted by Gasteiger charge is 1.84. The number of nitrogens with zero attached hydrogens (tertiary/aromatic N) is 1. The second-order valence-electron chi connectivity index (χ2n) is 1.36. The van der Waals surface area contributed by atoms with Gasteiger partial charge in [-0.25, -0.2) is 4.99 Å². The van der Waals surface area contributed by atoms with Crippen LogP contribution >= 0.6 is 0 Å². The van der Waals surface area contributed by atoms with E-state index in [1.54, 1.807) is 12.5 Å². The molecule has 3 heteroatoms. The molecule has 0 bridgehead atoms. The van der Waals surface area contributed by atoms with Gasteiger partial charge in [0.05, 0.1) is 0 Å². The molecule has 0 spiro atoms. The predicted molar refractivity (Wildman–Crippen MR) is 28.5 cm³/mol. The van der Waals surface area contributed by atoms with Gasteiger partial charge in [0.25, 0.3) is 0 Å². The summed E-state index contributed by atoms with van der Waals surface area (Å²) in [5.41, 5.74) is 6.60. The Balaban J connectivity index is 2.57. The number of hydrogen-bond acceptors (Lipinski definition) is 3. The van der Waals surface area contributed by atoms with Crippen LogP contribution in [-0.4, -0.2) is 6.34 Å². The summed E-state index contributed by atoms with van der Waals surface area (Å²) < 4.78 is 0. The van der Waals surface area contributed by atoms with Crippen molar-refractivity contribution in [3.63, 3.8) is 0 Å². The topological polar surface area (TPSA) is 36.4 Å². The van der Waals surface area contributed by atoms with Crippen molar-refractivity contribution in [3.8, 4) is 0 Å². The lowest BCUT2D eigenvalue weighted by Crippen LogP contribution is -2.30. The SMILES string of the molecule is CC1=CN=CNN1. The maximum atomic E-state index is 3.80. The third-order valence-electron chi connectivity index (χ3n) is 0.677. The molecule has 1 rings (SSSR count). The smallest absolute Gasteiger partial charge is 0.106 e. The van der Waals surface area contributed by atoms with Gasteiger partial charge in [0.15, 0.2) is 0 Å². The highest BCUT2D eigenvalue weighted by Crippen LogP contribution is 1.85. The van der Waals surface area contributed by atoms with Crippen molar-refractivity contribution in [2.75, 3.05) is 0 Å². The van der Waals surface area contributed by atoms with Crippen molar-refractivity contribution in [2.24, 2.45) is 4.99 Å². The van der Waals surface area contributed by atoms with E-state index < -0.39 is 0 Å². The maximum Gasteiger partial charge on any atom is 0.106 e. The minimum atomic E-state index is 1.03. The Kier molecular flexibility index (Phi) is 0.978. The van der Waals surface area contributed by atoms with Crippen molar-refractivity contribution < 1.29 is 0 Å². The lowest BCUT2D eigenvalue weighted by Gasteiger charge is -2.06. The lowest BCUT2D eigenvalue weighted by atomic mass is 10.5. The van der Waals surface area contributed by atoms with E-state index in [2.05, 4.69) is 15.8 Å². The molecule has 1 heterocycles. The van der Waals surface area contributed by atoms with Gasteiger partial charge in [-0.2, -0.15) is 0 Å². The fraction of sp³-hybridized carbons (Fsp3) is 0.250. The Morgan fingerprint density at radius 2 is 2.57 bits per heavy atom. The summed E-state index contributed by atoms with van der Waals surface area (Å²) in [5.74, 6) is 0. The molecule has 1 aliphatic heterocycles. The first-order chi connectivity index (χ1) is 3.39. The summed E-state index contributed by atoms with van der Waals surface area (Å²) in [7, 11) is 0. The van der Waals surface area contributed by atoms with E-state index in [1.165, 1.54) is 0 Å². The van der Waals surface area contributed by atoms with Gasteiger partial charge in [-0.3, -0.25) is 5.43 Å². The first-order valence-corrected chi connectivity index (χ1v) is 2.09. The zero-order valence-electron chi connectivity index (χ0n) is 4.10. The van der Waals surface area contributed by atoms with Crippen molar-refractivity contribution in [3.05, 3.63) is 11.9 Å². The summed E-state index contributed by atoms with van der Waals surface area (Å²) in [4.78, 5) is 3.80. The molecule has 0 radical (unpaired) electrons. The van der Waals surface area contributed by atoms with E-state index in [0.717, 1.165) is 5.70 Å². The maximum absolute atomic E-state index is 3.80. The minimum Gasteiger partial charge on any atom is -0.303 e. The molecule has 0 atom stereocenters. The number of hydrogen-bond donors (Lipinski definition) is 2. The van der Waals surface area contributed by atoms with E-state index in [-0.39, 0.29) is 0 Å². The van der Waals surface area contributed by atoms with Crippen LogP contribution in [0.3, 0.4) is 0 Å². The monoisotopic (exact) mass is 97.1 g/mol. The molecule has 0 fully saturated rings. The molecule has 38 valence electrons. The number of hydrazine groups is 1. The summed E-state index contributed by atoms with van der Waals surface area (Å²) in [6.07, 6.45) is 3.34. The third-order valence-corrected chi connectivity index (χ3v) is 0.677. The Morgan fingerprint density at radius 3 is 2.86 bits per heavy atom. The van der Waals surface area contributed by atoms with Gasteiger partial charge >= 0.3 is 0 Å². The quantitative estimate of drug-likeness (QED) is 0.446. The van der Waals surface area contributed by atoms with Gasteiger partial charge in [-0.1, -0.05) is 0 Å². The first-order valence-electron chi connectivity index (χ1n) is 2.09. The Labute approximate surface area is 42.1 Å². The largest absolute Gasteiger partial charge is 0.303 e. The number of aliphatic imine (C=N–C) groups is 1. The normalized spacial score (nSPS) is 17.0. The molecule has 3 nitrogen and oxygen atoms in total. The van der Waals surface area contributed by atoms with E-state index in [4.69, 9.17) is 0 Å². The van der Waals surface area contributed by atoms with Crippen molar-refractivity contribution in [1.82, 2.24) is 10.9 Å². The first kappa shape index (κ1) is 4.18. The zero-order chi connectivity index (χ0) is 5.11. The zero-order valence-corrected chi connectivity index (χ0v) is 4.10. The van der Waals surface area contributed by atoms with Crippen molar-refractivity contribution >= 4 is 6.34 Å². The van der Waals surface area contributed by atoms with Crippen molar-refractivity contribution in [1.29, 1.82) is 0 Å². The molecule has 0 aromatic rings. The fourth-order valence-corrected chi connectivity index (χ4v) is 0.365. The Bertz CT molecular complexity index is 114. The van der Waals surface area contributed by atoms with E-state index in [0.29, 0.717) is 0 Å². The minimum absolute atomic E-state index is 1.03. The molecule has 1 aliphatic rings. The van der Waals surface area contributed by atoms with E-state index >= 15 is 0 Å². The molecular weight excluding hydrogens is 90.1 g/mol. The standard InChI is InChI=1S/C4H7N3/c1-4-2-5-3-6-7-4/h2-3,7H,1H3,(H,5,6). The second kappa shape index (κ2) is 1.64. The van der Waals surface area contributed by atoms with Crippen LogP contribution in [0.1, 0.15) is 6.92 Å². The molecule has 2 N–H and O–H groups in total. The van der Waals surface area contributed by atoms with E-state index in [9.17, 15) is 0 Å². The van der Waals surface area contributed by atoms with Crippen LogP contribution in [0.15, 0.2) is 16.9 Å². The highest BCUT2D eigenvalue weighted by molar-refractivity contribution is 5.55. The van der Waals surface area contributed by atoms with Gasteiger partial charge in [-0.15, -0.1) is 0 Å². The third kappa shape index (κ3) is 0.924. The van der Waals surface area contributed by atoms with Crippen molar-refractivity contribution in [2.45, 2.75) is 6.92 Å². The second-order valence-corrected chi connectivity index (χ2v) is 1.36. The Hall–Kier alpha value is -0.990.